The van der Waals surface area contributed by atoms with Crippen LogP contribution in [0.15, 0.2) is 54.7 Å². The van der Waals surface area contributed by atoms with Crippen LogP contribution in [-0.4, -0.2) is 42.2 Å². The number of hydrogen-bond donors (Lipinski definition) is 0. The second-order valence-electron chi connectivity index (χ2n) is 7.92. The van der Waals surface area contributed by atoms with Gasteiger partial charge in [0.1, 0.15) is 6.61 Å². The predicted molar refractivity (Wildman–Crippen MR) is 119 cm³/mol. The topological polar surface area (TPSA) is 43.7 Å². The lowest BCUT2D eigenvalue weighted by atomic mass is 9.89. The second kappa shape index (κ2) is 9.81. The van der Waals surface area contributed by atoms with Crippen LogP contribution in [0.5, 0.6) is 11.5 Å². The molecule has 0 unspecified atom stereocenters. The summed E-state index contributed by atoms with van der Waals surface area (Å²) in [6, 6.07) is 16.1. The van der Waals surface area contributed by atoms with E-state index in [1.165, 1.54) is 29.3 Å². The fraction of sp³-hybridized carbons (Fsp3) is 0.400. The van der Waals surface area contributed by atoms with Crippen LogP contribution in [0.2, 0.25) is 0 Å². The maximum atomic E-state index is 10.6. The summed E-state index contributed by atoms with van der Waals surface area (Å²) in [5.74, 6) is 1.70. The number of hydrogen-bond acceptors (Lipinski definition) is 4. The van der Waals surface area contributed by atoms with Crippen LogP contribution in [0.4, 0.5) is 0 Å². The molecule has 0 radical (unpaired) electrons. The normalized spacial score (nSPS) is 15.4. The molecule has 0 saturated carbocycles. The first-order valence-corrected chi connectivity index (χ1v) is 10.9. The molecule has 0 amide bonds. The van der Waals surface area contributed by atoms with Gasteiger partial charge in [-0.15, -0.1) is 0 Å². The molecule has 3 aromatic rings. The van der Waals surface area contributed by atoms with E-state index >= 15 is 0 Å². The molecule has 5 heteroatoms. The standard InChI is InChI=1S/C25H30N2O3/c1-2-13-27-18-22(21-7-3-4-8-23(21)27)20-11-14-26(15-12-20)16-17-29-24-9-5-6-10-25(24)30-19-28/h3-10,18-20H,2,11-17H2,1H3. The monoisotopic (exact) mass is 406 g/mol. The summed E-state index contributed by atoms with van der Waals surface area (Å²) in [6.07, 6.45) is 5.88. The smallest absolute Gasteiger partial charge is 0.298 e. The van der Waals surface area contributed by atoms with Crippen LogP contribution < -0.4 is 9.47 Å². The van der Waals surface area contributed by atoms with Crippen molar-refractivity contribution in [1.29, 1.82) is 0 Å². The average Bonchev–Trinajstić information content (AvgIpc) is 3.15. The highest BCUT2D eigenvalue weighted by molar-refractivity contribution is 5.84. The lowest BCUT2D eigenvalue weighted by Crippen LogP contribution is -2.35. The van der Waals surface area contributed by atoms with Crippen molar-refractivity contribution < 1.29 is 14.3 Å². The zero-order valence-corrected chi connectivity index (χ0v) is 17.6. The van der Waals surface area contributed by atoms with Crippen LogP contribution in [0.3, 0.4) is 0 Å². The van der Waals surface area contributed by atoms with E-state index in [2.05, 4.69) is 46.9 Å². The lowest BCUT2D eigenvalue weighted by Gasteiger charge is -2.31. The Morgan fingerprint density at radius 2 is 1.73 bits per heavy atom. The Kier molecular flexibility index (Phi) is 6.70. The molecule has 0 N–H and O–H groups in total. The molecule has 1 saturated heterocycles. The second-order valence-corrected chi connectivity index (χ2v) is 7.92. The number of aromatic nitrogens is 1. The molecule has 0 atom stereocenters. The van der Waals surface area contributed by atoms with Crippen molar-refractivity contribution in [1.82, 2.24) is 9.47 Å². The largest absolute Gasteiger partial charge is 0.488 e. The van der Waals surface area contributed by atoms with Crippen molar-refractivity contribution >= 4 is 17.4 Å². The number of rotatable bonds is 9. The van der Waals surface area contributed by atoms with Gasteiger partial charge in [-0.3, -0.25) is 9.69 Å². The summed E-state index contributed by atoms with van der Waals surface area (Å²) >= 11 is 0. The molecular weight excluding hydrogens is 376 g/mol. The van der Waals surface area contributed by atoms with Crippen LogP contribution in [0.1, 0.15) is 37.7 Å². The van der Waals surface area contributed by atoms with Crippen molar-refractivity contribution in [3.63, 3.8) is 0 Å². The Bertz CT molecular complexity index is 973. The van der Waals surface area contributed by atoms with Crippen LogP contribution in [0, 0.1) is 0 Å². The van der Waals surface area contributed by atoms with Crippen LogP contribution >= 0.6 is 0 Å². The van der Waals surface area contributed by atoms with Crippen molar-refractivity contribution in [3.05, 3.63) is 60.3 Å². The van der Waals surface area contributed by atoms with Crippen LogP contribution in [-0.2, 0) is 11.3 Å². The fourth-order valence-electron chi connectivity index (χ4n) is 4.50. The first kappa shape index (κ1) is 20.5. The Labute approximate surface area is 178 Å². The maximum absolute atomic E-state index is 10.6. The maximum Gasteiger partial charge on any atom is 0.298 e. The first-order chi connectivity index (χ1) is 14.8. The summed E-state index contributed by atoms with van der Waals surface area (Å²) in [7, 11) is 0. The Hall–Kier alpha value is -2.79. The van der Waals surface area contributed by atoms with Gasteiger partial charge >= 0.3 is 0 Å². The van der Waals surface area contributed by atoms with E-state index in [0.717, 1.165) is 32.6 Å². The third kappa shape index (κ3) is 4.51. The minimum Gasteiger partial charge on any atom is -0.488 e. The van der Waals surface area contributed by atoms with E-state index in [9.17, 15) is 4.79 Å². The highest BCUT2D eigenvalue weighted by atomic mass is 16.5. The number of nitrogens with zero attached hydrogens (tertiary/aromatic N) is 2. The zero-order chi connectivity index (χ0) is 20.8. The van der Waals surface area contributed by atoms with Gasteiger partial charge in [0, 0.05) is 30.2 Å². The van der Waals surface area contributed by atoms with E-state index < -0.39 is 0 Å². The van der Waals surface area contributed by atoms with E-state index in [-0.39, 0.29) is 0 Å². The molecule has 1 aromatic heterocycles. The zero-order valence-electron chi connectivity index (χ0n) is 17.6. The Morgan fingerprint density at radius 3 is 2.50 bits per heavy atom. The molecule has 1 fully saturated rings. The number of carbonyl (C=O) groups is 1. The number of ether oxygens (including phenoxy) is 2. The average molecular weight is 407 g/mol. The number of piperidine rings is 1. The molecule has 0 bridgehead atoms. The van der Waals surface area contributed by atoms with Crippen molar-refractivity contribution in [2.45, 2.75) is 38.6 Å². The predicted octanol–water partition coefficient (Wildman–Crippen LogP) is 4.84. The van der Waals surface area contributed by atoms with Gasteiger partial charge in [-0.05, 0) is 62.0 Å². The van der Waals surface area contributed by atoms with E-state index in [0.29, 0.717) is 30.5 Å². The van der Waals surface area contributed by atoms with Gasteiger partial charge < -0.3 is 14.0 Å². The SMILES string of the molecule is CCCn1cc(C2CCN(CCOc3ccccc3OC=O)CC2)c2ccccc21. The number of fused-ring (bicyclic) bond motifs is 1. The third-order valence-electron chi connectivity index (χ3n) is 6.00. The molecule has 1 aliphatic rings. The molecule has 5 nitrogen and oxygen atoms in total. The summed E-state index contributed by atoms with van der Waals surface area (Å²) in [5.41, 5.74) is 2.87. The van der Waals surface area contributed by atoms with E-state index in [1.807, 2.05) is 18.2 Å². The highest BCUT2D eigenvalue weighted by Gasteiger charge is 2.23. The number of likely N-dealkylation sites (tertiary alicyclic amines) is 1. The molecule has 0 aliphatic carbocycles. The van der Waals surface area contributed by atoms with Gasteiger partial charge in [-0.1, -0.05) is 37.3 Å². The van der Waals surface area contributed by atoms with E-state index in [4.69, 9.17) is 9.47 Å². The minimum atomic E-state index is 0.435. The van der Waals surface area contributed by atoms with Gasteiger partial charge in [-0.25, -0.2) is 0 Å². The number of para-hydroxylation sites is 3. The van der Waals surface area contributed by atoms with Crippen molar-refractivity contribution in [3.8, 4) is 11.5 Å². The highest BCUT2D eigenvalue weighted by Crippen LogP contribution is 2.34. The number of benzene rings is 2. The minimum absolute atomic E-state index is 0.435. The number of carbonyl (C=O) groups excluding carboxylic acids is 1. The van der Waals surface area contributed by atoms with Crippen LogP contribution in [0.25, 0.3) is 10.9 Å². The quantitative estimate of drug-likeness (QED) is 0.477. The first-order valence-electron chi connectivity index (χ1n) is 10.9. The Balaban J connectivity index is 1.33. The summed E-state index contributed by atoms with van der Waals surface area (Å²) in [4.78, 5) is 13.1. The molecule has 30 heavy (non-hydrogen) atoms. The molecule has 2 aromatic carbocycles. The van der Waals surface area contributed by atoms with Gasteiger partial charge in [0.2, 0.25) is 0 Å². The summed E-state index contributed by atoms with van der Waals surface area (Å²) in [5, 5.41) is 1.42. The Morgan fingerprint density at radius 1 is 1.00 bits per heavy atom. The lowest BCUT2D eigenvalue weighted by molar-refractivity contribution is -0.120. The van der Waals surface area contributed by atoms with E-state index in [1.54, 1.807) is 6.07 Å². The van der Waals surface area contributed by atoms with Gasteiger partial charge in [0.15, 0.2) is 11.5 Å². The van der Waals surface area contributed by atoms with Gasteiger partial charge in [-0.2, -0.15) is 0 Å². The van der Waals surface area contributed by atoms with Crippen molar-refractivity contribution in [2.24, 2.45) is 0 Å². The van der Waals surface area contributed by atoms with Crippen molar-refractivity contribution in [2.75, 3.05) is 26.2 Å². The fourth-order valence-corrected chi connectivity index (χ4v) is 4.50. The molecule has 2 heterocycles. The summed E-state index contributed by atoms with van der Waals surface area (Å²) < 4.78 is 13.3. The molecular formula is C25H30N2O3. The molecule has 0 spiro atoms. The molecule has 158 valence electrons. The molecule has 4 rings (SSSR count). The van der Waals surface area contributed by atoms with Gasteiger partial charge in [0.25, 0.3) is 6.47 Å². The van der Waals surface area contributed by atoms with Gasteiger partial charge in [0.05, 0.1) is 0 Å². The number of aryl methyl sites for hydroxylation is 1. The molecule has 1 aliphatic heterocycles. The third-order valence-corrected chi connectivity index (χ3v) is 6.00. The summed E-state index contributed by atoms with van der Waals surface area (Å²) in [6.45, 7) is 7.36.